The molecule has 3 rings (SSSR count). The van der Waals surface area contributed by atoms with Crippen LogP contribution in [0.2, 0.25) is 0 Å². The van der Waals surface area contributed by atoms with Gasteiger partial charge in [0.25, 0.3) is 0 Å². The van der Waals surface area contributed by atoms with Crippen LogP contribution in [-0.2, 0) is 16.0 Å². The average Bonchev–Trinajstić information content (AvgIpc) is 3.12. The molecule has 33 heavy (non-hydrogen) atoms. The zero-order valence-corrected chi connectivity index (χ0v) is 19.9. The van der Waals surface area contributed by atoms with Gasteiger partial charge in [0.2, 0.25) is 5.91 Å². The molecule has 0 aliphatic heterocycles. The van der Waals surface area contributed by atoms with Crippen molar-refractivity contribution in [1.29, 1.82) is 0 Å². The zero-order valence-electron chi connectivity index (χ0n) is 19.9. The minimum Gasteiger partial charge on any atom is -0.376 e. The van der Waals surface area contributed by atoms with Crippen LogP contribution in [0.15, 0.2) is 48.6 Å². The first-order chi connectivity index (χ1) is 15.5. The van der Waals surface area contributed by atoms with Gasteiger partial charge in [0.05, 0.1) is 12.1 Å². The van der Waals surface area contributed by atoms with Gasteiger partial charge in [-0.15, -0.1) is 0 Å². The van der Waals surface area contributed by atoms with E-state index in [4.69, 9.17) is 5.73 Å². The normalized spacial score (nSPS) is 11.0. The van der Waals surface area contributed by atoms with Crippen molar-refractivity contribution < 1.29 is 14.0 Å². The van der Waals surface area contributed by atoms with Crippen LogP contribution in [0, 0.1) is 19.7 Å². The van der Waals surface area contributed by atoms with E-state index in [0.717, 1.165) is 34.2 Å². The minimum absolute atomic E-state index is 0.0524. The monoisotopic (exact) mass is 449 g/mol. The number of ketones is 1. The molecule has 0 bridgehead atoms. The van der Waals surface area contributed by atoms with Crippen LogP contribution in [0.3, 0.4) is 0 Å². The van der Waals surface area contributed by atoms with Gasteiger partial charge < -0.3 is 16.0 Å². The predicted molar refractivity (Wildman–Crippen MR) is 134 cm³/mol. The molecular weight excluding hydrogens is 417 g/mol. The number of Topliss-reactive ketones (excluding diaryl/α,β-unsaturated/α-hetero) is 1. The largest absolute Gasteiger partial charge is 0.376 e. The third-order valence-electron chi connectivity index (χ3n) is 5.46. The van der Waals surface area contributed by atoms with Gasteiger partial charge in [-0.3, -0.25) is 9.59 Å². The Hall–Kier alpha value is -3.67. The van der Waals surface area contributed by atoms with E-state index in [-0.39, 0.29) is 18.1 Å². The first-order valence-corrected chi connectivity index (χ1v) is 10.8. The number of halogens is 1. The molecule has 5 nitrogen and oxygen atoms in total. The number of carbonyl (C=O) groups is 2. The quantitative estimate of drug-likeness (QED) is 0.433. The summed E-state index contributed by atoms with van der Waals surface area (Å²) in [5, 5.41) is 3.90. The van der Waals surface area contributed by atoms with E-state index in [0.29, 0.717) is 16.8 Å². The summed E-state index contributed by atoms with van der Waals surface area (Å²) < 4.78 is 13.5. The van der Waals surface area contributed by atoms with Crippen LogP contribution in [0.1, 0.15) is 48.7 Å². The van der Waals surface area contributed by atoms with E-state index >= 15 is 0 Å². The first-order valence-electron chi connectivity index (χ1n) is 10.8. The lowest BCUT2D eigenvalue weighted by molar-refractivity contribution is -0.117. The molecule has 0 unspecified atom stereocenters. The lowest BCUT2D eigenvalue weighted by atomic mass is 10.0. The van der Waals surface area contributed by atoms with Crippen LogP contribution in [-0.4, -0.2) is 23.2 Å². The van der Waals surface area contributed by atoms with E-state index in [1.165, 1.54) is 18.6 Å². The number of hydrogen-bond donors (Lipinski definition) is 3. The molecule has 174 valence electrons. The number of carbonyl (C=O) groups excluding carboxylic acids is 2. The van der Waals surface area contributed by atoms with Crippen molar-refractivity contribution in [2.45, 2.75) is 41.0 Å². The number of allylic oxidation sites excluding steroid dienone is 1. The van der Waals surface area contributed by atoms with Crippen LogP contribution >= 0.6 is 0 Å². The molecule has 0 spiro atoms. The van der Waals surface area contributed by atoms with Crippen LogP contribution in [0.5, 0.6) is 0 Å². The lowest BCUT2D eigenvalue weighted by Crippen LogP contribution is -2.27. The van der Waals surface area contributed by atoms with Gasteiger partial charge in [0.15, 0.2) is 5.78 Å². The summed E-state index contributed by atoms with van der Waals surface area (Å²) in [4.78, 5) is 24.9. The van der Waals surface area contributed by atoms with Crippen molar-refractivity contribution in [2.24, 2.45) is 5.73 Å². The van der Waals surface area contributed by atoms with Crippen molar-refractivity contribution in [3.05, 3.63) is 82.3 Å². The van der Waals surface area contributed by atoms with Gasteiger partial charge in [0, 0.05) is 16.8 Å². The lowest BCUT2D eigenvalue weighted by Gasteiger charge is -2.08. The standard InChI is InChI=1S/C15H18N2O2.C12H14FN/c1-10(12(3)18)8-13-4-6-14(7-5-13)11(2)17-9-15(16)19;1-4-9-8(3)14-12-10(13)6-5-7(2)11(9)12/h4-8,17H,2,9H2,1,3H3,(H2,16,19);5-6,14H,4H2,1-3H3/b10-8+;. The highest BCUT2D eigenvalue weighted by Crippen LogP contribution is 2.27. The fourth-order valence-electron chi connectivity index (χ4n) is 3.51. The Bertz CT molecular complexity index is 1200. The van der Waals surface area contributed by atoms with Crippen molar-refractivity contribution in [3.8, 4) is 0 Å². The summed E-state index contributed by atoms with van der Waals surface area (Å²) >= 11 is 0. The topological polar surface area (TPSA) is 88.0 Å². The maximum Gasteiger partial charge on any atom is 0.236 e. The van der Waals surface area contributed by atoms with E-state index in [1.54, 1.807) is 6.92 Å². The Morgan fingerprint density at radius 2 is 1.76 bits per heavy atom. The Balaban J connectivity index is 0.000000243. The van der Waals surface area contributed by atoms with Crippen molar-refractivity contribution in [1.82, 2.24) is 10.3 Å². The minimum atomic E-state index is -0.433. The van der Waals surface area contributed by atoms with Gasteiger partial charge in [-0.2, -0.15) is 0 Å². The predicted octanol–water partition coefficient (Wildman–Crippen LogP) is 5.21. The van der Waals surface area contributed by atoms with Gasteiger partial charge in [0.1, 0.15) is 5.82 Å². The molecule has 2 aromatic carbocycles. The number of aromatic amines is 1. The molecule has 0 aliphatic rings. The zero-order chi connectivity index (χ0) is 24.7. The molecule has 0 saturated carbocycles. The number of aryl methyl sites for hydroxylation is 3. The van der Waals surface area contributed by atoms with Crippen LogP contribution in [0.4, 0.5) is 4.39 Å². The smallest absolute Gasteiger partial charge is 0.236 e. The maximum absolute atomic E-state index is 13.5. The number of nitrogens with two attached hydrogens (primary N) is 1. The van der Waals surface area contributed by atoms with E-state index in [2.05, 4.69) is 23.8 Å². The molecule has 0 saturated heterocycles. The molecular formula is C27H32FN3O2. The fraction of sp³-hybridized carbons (Fsp3) is 0.259. The highest BCUT2D eigenvalue weighted by atomic mass is 19.1. The highest BCUT2D eigenvalue weighted by molar-refractivity contribution is 5.97. The molecule has 4 N–H and O–H groups in total. The summed E-state index contributed by atoms with van der Waals surface area (Å²) in [6, 6.07) is 10.9. The molecule has 0 aliphatic carbocycles. The Labute approximate surface area is 194 Å². The summed E-state index contributed by atoms with van der Waals surface area (Å²) in [5.74, 6) is -0.539. The molecule has 1 heterocycles. The molecule has 1 amide bonds. The molecule has 0 radical (unpaired) electrons. The summed E-state index contributed by atoms with van der Waals surface area (Å²) in [6.45, 7) is 13.3. The average molecular weight is 450 g/mol. The Morgan fingerprint density at radius 3 is 2.30 bits per heavy atom. The molecule has 3 aromatic rings. The number of primary amides is 1. The third kappa shape index (κ3) is 6.65. The van der Waals surface area contributed by atoms with Gasteiger partial charge >= 0.3 is 0 Å². The van der Waals surface area contributed by atoms with Crippen LogP contribution < -0.4 is 11.1 Å². The van der Waals surface area contributed by atoms with E-state index in [1.807, 2.05) is 50.3 Å². The second-order valence-corrected chi connectivity index (χ2v) is 8.00. The number of hydrogen-bond acceptors (Lipinski definition) is 3. The number of rotatable bonds is 7. The fourth-order valence-corrected chi connectivity index (χ4v) is 3.51. The number of fused-ring (bicyclic) bond motifs is 1. The summed E-state index contributed by atoms with van der Waals surface area (Å²) in [7, 11) is 0. The van der Waals surface area contributed by atoms with E-state index < -0.39 is 5.91 Å². The number of amides is 1. The number of benzene rings is 2. The summed E-state index contributed by atoms with van der Waals surface area (Å²) in [6.07, 6.45) is 2.77. The number of nitrogens with one attached hydrogen (secondary N) is 2. The molecule has 0 atom stereocenters. The first kappa shape index (κ1) is 25.6. The number of aromatic nitrogens is 1. The second kappa shape index (κ2) is 11.3. The molecule has 6 heteroatoms. The SMILES string of the molecule is C=C(NCC(N)=O)c1ccc(/C=C(\C)C(C)=O)cc1.CCc1c(C)[nH]c2c(F)ccc(C)c12. The number of H-pyrrole nitrogens is 1. The molecule has 0 fully saturated rings. The highest BCUT2D eigenvalue weighted by Gasteiger charge is 2.11. The van der Waals surface area contributed by atoms with Crippen molar-refractivity contribution in [3.63, 3.8) is 0 Å². The summed E-state index contributed by atoms with van der Waals surface area (Å²) in [5.41, 5.74) is 12.3. The van der Waals surface area contributed by atoms with E-state index in [9.17, 15) is 14.0 Å². The Kier molecular flexibility index (Phi) is 8.74. The van der Waals surface area contributed by atoms with Crippen molar-refractivity contribution in [2.75, 3.05) is 6.54 Å². The van der Waals surface area contributed by atoms with Gasteiger partial charge in [-0.1, -0.05) is 43.8 Å². The molecule has 1 aromatic heterocycles. The van der Waals surface area contributed by atoms with Crippen molar-refractivity contribution >= 4 is 34.4 Å². The van der Waals surface area contributed by atoms with Crippen LogP contribution in [0.25, 0.3) is 22.7 Å². The Morgan fingerprint density at radius 1 is 1.12 bits per heavy atom. The van der Waals surface area contributed by atoms with Gasteiger partial charge in [-0.05, 0) is 74.1 Å². The maximum atomic E-state index is 13.5. The second-order valence-electron chi connectivity index (χ2n) is 8.00. The van der Waals surface area contributed by atoms with Gasteiger partial charge in [-0.25, -0.2) is 4.39 Å². The third-order valence-corrected chi connectivity index (χ3v) is 5.46.